The molecule has 5 rings (SSSR count). The van der Waals surface area contributed by atoms with Gasteiger partial charge in [-0.3, -0.25) is 4.79 Å². The molecule has 0 saturated carbocycles. The molecule has 0 aliphatic heterocycles. The lowest BCUT2D eigenvalue weighted by molar-refractivity contribution is -0.139. The first-order valence-corrected chi connectivity index (χ1v) is 12.2. The minimum absolute atomic E-state index is 0.0919. The van der Waals surface area contributed by atoms with E-state index in [0.29, 0.717) is 11.3 Å². The number of carboxylic acid groups (broad SMARTS) is 1. The van der Waals surface area contributed by atoms with Gasteiger partial charge in [0.15, 0.2) is 0 Å². The SMILES string of the molecule is CC(Oc1ccc(-c2nc(-c3cccc(CCC(=O)O)c3C(F)(F)F)no2)cc1C#N)c1cc2ccccc2[nH]1. The van der Waals surface area contributed by atoms with Gasteiger partial charge < -0.3 is 19.4 Å². The number of fused-ring (bicyclic) bond motifs is 1. The molecular weight excluding hydrogens is 525 g/mol. The van der Waals surface area contributed by atoms with E-state index in [4.69, 9.17) is 14.4 Å². The van der Waals surface area contributed by atoms with E-state index < -0.39 is 30.2 Å². The number of benzene rings is 3. The van der Waals surface area contributed by atoms with Gasteiger partial charge in [-0.1, -0.05) is 41.6 Å². The molecule has 2 N–H and O–H groups in total. The van der Waals surface area contributed by atoms with Crippen LogP contribution >= 0.6 is 0 Å². The molecule has 8 nitrogen and oxygen atoms in total. The summed E-state index contributed by atoms with van der Waals surface area (Å²) in [7, 11) is 0. The molecule has 1 unspecified atom stereocenters. The van der Waals surface area contributed by atoms with Gasteiger partial charge >= 0.3 is 12.1 Å². The molecular formula is C29H21F3N4O4. The monoisotopic (exact) mass is 546 g/mol. The van der Waals surface area contributed by atoms with Gasteiger partial charge in [0.1, 0.15) is 17.9 Å². The van der Waals surface area contributed by atoms with Crippen molar-refractivity contribution in [1.29, 1.82) is 5.26 Å². The number of aromatic amines is 1. The molecule has 3 aromatic carbocycles. The van der Waals surface area contributed by atoms with E-state index in [9.17, 15) is 23.2 Å². The molecule has 0 aliphatic rings. The zero-order valence-electron chi connectivity index (χ0n) is 21.0. The number of hydrogen-bond acceptors (Lipinski definition) is 6. The number of nitrogens with zero attached hydrogens (tertiary/aromatic N) is 3. The van der Waals surface area contributed by atoms with E-state index >= 15 is 0 Å². The molecule has 0 fully saturated rings. The van der Waals surface area contributed by atoms with Crippen molar-refractivity contribution in [2.45, 2.75) is 32.0 Å². The van der Waals surface area contributed by atoms with Crippen molar-refractivity contribution in [1.82, 2.24) is 15.1 Å². The van der Waals surface area contributed by atoms with Crippen molar-refractivity contribution >= 4 is 16.9 Å². The fourth-order valence-corrected chi connectivity index (χ4v) is 4.44. The second-order valence-electron chi connectivity index (χ2n) is 9.05. The molecule has 11 heteroatoms. The summed E-state index contributed by atoms with van der Waals surface area (Å²) >= 11 is 0. The Balaban J connectivity index is 1.43. The fourth-order valence-electron chi connectivity index (χ4n) is 4.44. The Kier molecular flexibility index (Phi) is 7.00. The number of H-pyrrole nitrogens is 1. The number of aryl methyl sites for hydroxylation is 1. The highest BCUT2D eigenvalue weighted by molar-refractivity contribution is 5.80. The maximum absolute atomic E-state index is 14.0. The quantitative estimate of drug-likeness (QED) is 0.216. The summed E-state index contributed by atoms with van der Waals surface area (Å²) in [6, 6.07) is 20.2. The lowest BCUT2D eigenvalue weighted by atomic mass is 9.96. The van der Waals surface area contributed by atoms with Crippen LogP contribution in [0.3, 0.4) is 0 Å². The molecule has 5 aromatic rings. The highest BCUT2D eigenvalue weighted by Crippen LogP contribution is 2.40. The van der Waals surface area contributed by atoms with Gasteiger partial charge in [0, 0.05) is 23.1 Å². The highest BCUT2D eigenvalue weighted by Gasteiger charge is 2.37. The number of carboxylic acids is 1. The van der Waals surface area contributed by atoms with Gasteiger partial charge in [-0.05, 0) is 54.6 Å². The number of nitriles is 1. The van der Waals surface area contributed by atoms with Crippen LogP contribution in [0.15, 0.2) is 71.3 Å². The van der Waals surface area contributed by atoms with Crippen LogP contribution in [0, 0.1) is 11.3 Å². The molecule has 0 spiro atoms. The Labute approximate surface area is 225 Å². The van der Waals surface area contributed by atoms with Gasteiger partial charge in [0.05, 0.1) is 16.8 Å². The molecule has 0 saturated heterocycles. The Morgan fingerprint density at radius 2 is 1.95 bits per heavy atom. The van der Waals surface area contributed by atoms with Crippen molar-refractivity contribution in [2.24, 2.45) is 0 Å². The molecule has 0 amide bonds. The minimum Gasteiger partial charge on any atom is -0.483 e. The first kappa shape index (κ1) is 26.5. The van der Waals surface area contributed by atoms with Crippen molar-refractivity contribution in [3.63, 3.8) is 0 Å². The van der Waals surface area contributed by atoms with Crippen LogP contribution in [0.25, 0.3) is 33.7 Å². The average molecular weight is 547 g/mol. The number of aromatic nitrogens is 3. The van der Waals surface area contributed by atoms with E-state index in [2.05, 4.69) is 21.2 Å². The maximum Gasteiger partial charge on any atom is 0.417 e. The average Bonchev–Trinajstić information content (AvgIpc) is 3.59. The van der Waals surface area contributed by atoms with Crippen LogP contribution in [0.4, 0.5) is 13.2 Å². The lowest BCUT2D eigenvalue weighted by Gasteiger charge is -2.15. The number of halogens is 3. The summed E-state index contributed by atoms with van der Waals surface area (Å²) in [4.78, 5) is 18.4. The summed E-state index contributed by atoms with van der Waals surface area (Å²) in [5, 5.41) is 23.4. The Hall–Kier alpha value is -5.11. The lowest BCUT2D eigenvalue weighted by Crippen LogP contribution is -2.13. The second-order valence-corrected chi connectivity index (χ2v) is 9.05. The van der Waals surface area contributed by atoms with Crippen molar-refractivity contribution in [3.05, 3.63) is 89.1 Å². The molecule has 1 atom stereocenters. The summed E-state index contributed by atoms with van der Waals surface area (Å²) in [5.41, 5.74) is 0.729. The number of ether oxygens (including phenoxy) is 1. The van der Waals surface area contributed by atoms with E-state index in [1.165, 1.54) is 24.3 Å². The fraction of sp³-hybridized carbons (Fsp3) is 0.172. The Morgan fingerprint density at radius 1 is 1.15 bits per heavy atom. The molecule has 2 aromatic heterocycles. The predicted octanol–water partition coefficient (Wildman–Crippen LogP) is 6.93. The van der Waals surface area contributed by atoms with Crippen molar-refractivity contribution in [2.75, 3.05) is 0 Å². The summed E-state index contributed by atoms with van der Waals surface area (Å²) in [5.74, 6) is -1.31. The summed E-state index contributed by atoms with van der Waals surface area (Å²) in [6.07, 6.45) is -5.96. The van der Waals surface area contributed by atoms with Gasteiger partial charge in [-0.25, -0.2) is 0 Å². The predicted molar refractivity (Wildman–Crippen MR) is 138 cm³/mol. The third-order valence-corrected chi connectivity index (χ3v) is 6.35. The highest BCUT2D eigenvalue weighted by atomic mass is 19.4. The van der Waals surface area contributed by atoms with Crippen molar-refractivity contribution in [3.8, 4) is 34.7 Å². The van der Waals surface area contributed by atoms with E-state index in [1.807, 2.05) is 37.3 Å². The Bertz CT molecular complexity index is 1720. The number of para-hydroxylation sites is 1. The number of rotatable bonds is 8. The normalized spacial score (nSPS) is 12.3. The van der Waals surface area contributed by atoms with Crippen LogP contribution < -0.4 is 4.74 Å². The molecule has 40 heavy (non-hydrogen) atoms. The van der Waals surface area contributed by atoms with Crippen LogP contribution in [0.5, 0.6) is 5.75 Å². The molecule has 0 bridgehead atoms. The zero-order valence-corrected chi connectivity index (χ0v) is 21.0. The largest absolute Gasteiger partial charge is 0.483 e. The van der Waals surface area contributed by atoms with E-state index in [1.54, 1.807) is 12.1 Å². The molecule has 0 aliphatic carbocycles. The van der Waals surface area contributed by atoms with Gasteiger partial charge in [0.25, 0.3) is 5.89 Å². The van der Waals surface area contributed by atoms with E-state index in [0.717, 1.165) is 16.6 Å². The van der Waals surface area contributed by atoms with Gasteiger partial charge in [-0.2, -0.15) is 23.4 Å². The van der Waals surface area contributed by atoms with Crippen LogP contribution in [0.1, 0.15) is 41.8 Å². The topological polar surface area (TPSA) is 125 Å². The third-order valence-electron chi connectivity index (χ3n) is 6.35. The zero-order chi connectivity index (χ0) is 28.4. The van der Waals surface area contributed by atoms with Gasteiger partial charge in [-0.15, -0.1) is 0 Å². The first-order valence-electron chi connectivity index (χ1n) is 12.2. The molecule has 202 valence electrons. The Morgan fingerprint density at radius 3 is 2.67 bits per heavy atom. The van der Waals surface area contributed by atoms with Gasteiger partial charge in [0.2, 0.25) is 5.82 Å². The number of nitrogens with one attached hydrogen (secondary N) is 1. The van der Waals surface area contributed by atoms with Crippen molar-refractivity contribution < 1.29 is 32.3 Å². The summed E-state index contributed by atoms with van der Waals surface area (Å²) in [6.45, 7) is 1.84. The van der Waals surface area contributed by atoms with Crippen LogP contribution in [-0.2, 0) is 17.4 Å². The number of alkyl halides is 3. The van der Waals surface area contributed by atoms with Crippen LogP contribution in [0.2, 0.25) is 0 Å². The smallest absolute Gasteiger partial charge is 0.417 e. The standard InChI is InChI=1S/C29H21F3N4O4/c1-16(23-14-18-5-2-3-8-22(18)34-23)39-24-11-9-19(13-20(24)15-33)28-35-27(36-40-28)21-7-4-6-17(10-12-25(37)38)26(21)29(30,31)32/h2-9,11,13-14,16,34H,10,12H2,1H3,(H,37,38). The summed E-state index contributed by atoms with van der Waals surface area (Å²) < 4.78 is 53.3. The second kappa shape index (κ2) is 10.6. The number of hydrogen-bond donors (Lipinski definition) is 2. The number of aliphatic carboxylic acids is 1. The molecule has 0 radical (unpaired) electrons. The van der Waals surface area contributed by atoms with Crippen LogP contribution in [-0.4, -0.2) is 26.2 Å². The van der Waals surface area contributed by atoms with E-state index in [-0.39, 0.29) is 34.8 Å². The number of carbonyl (C=O) groups is 1. The maximum atomic E-state index is 14.0. The minimum atomic E-state index is -4.78. The molecule has 2 heterocycles. The third kappa shape index (κ3) is 5.37. The first-order chi connectivity index (χ1) is 19.1.